The van der Waals surface area contributed by atoms with E-state index >= 15 is 0 Å². The van der Waals surface area contributed by atoms with E-state index in [1.807, 2.05) is 44.2 Å². The molecule has 0 saturated carbocycles. The number of rotatable bonds is 5. The highest BCUT2D eigenvalue weighted by molar-refractivity contribution is 5.94. The summed E-state index contributed by atoms with van der Waals surface area (Å²) in [5, 5.41) is 4.04. The minimum Gasteiger partial charge on any atom is -0.466 e. The highest BCUT2D eigenvalue weighted by atomic mass is 16.8. The second kappa shape index (κ2) is 7.20. The maximum atomic E-state index is 11.7. The largest absolute Gasteiger partial charge is 0.466 e. The molecular weight excluding hydrogens is 354 g/mol. The summed E-state index contributed by atoms with van der Waals surface area (Å²) in [6.45, 7) is 4.07. The molecule has 0 aromatic heterocycles. The SMILES string of the molecule is COC(=O)[C@H]1CC([C@H]2O[C@@H]3OC(C)(C)O[C@@H]3[C@H]2OCc2ccccc2)=NO1. The molecule has 8 nitrogen and oxygen atoms in total. The molecule has 2 saturated heterocycles. The van der Waals surface area contributed by atoms with Gasteiger partial charge < -0.3 is 28.5 Å². The van der Waals surface area contributed by atoms with Crippen LogP contribution >= 0.6 is 0 Å². The number of hydrogen-bond donors (Lipinski definition) is 0. The zero-order valence-corrected chi connectivity index (χ0v) is 15.5. The molecule has 3 aliphatic heterocycles. The van der Waals surface area contributed by atoms with Crippen molar-refractivity contribution in [2.45, 2.75) is 63.4 Å². The van der Waals surface area contributed by atoms with Crippen LogP contribution in [0.3, 0.4) is 0 Å². The first kappa shape index (κ1) is 18.4. The topological polar surface area (TPSA) is 84.8 Å². The Labute approximate surface area is 157 Å². The molecule has 0 spiro atoms. The number of esters is 1. The van der Waals surface area contributed by atoms with Crippen molar-refractivity contribution in [3.8, 4) is 0 Å². The van der Waals surface area contributed by atoms with Crippen molar-refractivity contribution in [2.75, 3.05) is 7.11 Å². The van der Waals surface area contributed by atoms with Crippen molar-refractivity contribution < 1.29 is 33.3 Å². The smallest absolute Gasteiger partial charge is 0.350 e. The van der Waals surface area contributed by atoms with Crippen LogP contribution in [-0.2, 0) is 39.9 Å². The molecule has 1 aromatic rings. The number of nitrogens with zero attached hydrogens (tertiary/aromatic N) is 1. The van der Waals surface area contributed by atoms with Gasteiger partial charge in [0.1, 0.15) is 18.3 Å². The Morgan fingerprint density at radius 2 is 2.04 bits per heavy atom. The molecule has 2 fully saturated rings. The molecule has 8 heteroatoms. The predicted molar refractivity (Wildman–Crippen MR) is 92.7 cm³/mol. The number of carbonyl (C=O) groups excluding carboxylic acids is 1. The van der Waals surface area contributed by atoms with Gasteiger partial charge in [-0.15, -0.1) is 0 Å². The van der Waals surface area contributed by atoms with E-state index in [1.165, 1.54) is 7.11 Å². The first-order valence-electron chi connectivity index (χ1n) is 8.94. The van der Waals surface area contributed by atoms with Gasteiger partial charge in [0.05, 0.1) is 19.4 Å². The Morgan fingerprint density at radius 1 is 1.26 bits per heavy atom. The number of fused-ring (bicyclic) bond motifs is 1. The van der Waals surface area contributed by atoms with E-state index in [9.17, 15) is 4.79 Å². The summed E-state index contributed by atoms with van der Waals surface area (Å²) >= 11 is 0. The van der Waals surface area contributed by atoms with Gasteiger partial charge in [0.2, 0.25) is 6.10 Å². The lowest BCUT2D eigenvalue weighted by Crippen LogP contribution is -2.41. The summed E-state index contributed by atoms with van der Waals surface area (Å²) in [4.78, 5) is 16.9. The first-order valence-corrected chi connectivity index (χ1v) is 8.94. The van der Waals surface area contributed by atoms with Crippen molar-refractivity contribution in [2.24, 2.45) is 5.16 Å². The lowest BCUT2D eigenvalue weighted by atomic mass is 10.0. The molecule has 0 amide bonds. The Balaban J connectivity index is 1.49. The fourth-order valence-corrected chi connectivity index (χ4v) is 3.52. The quantitative estimate of drug-likeness (QED) is 0.723. The molecule has 0 unspecified atom stereocenters. The third kappa shape index (κ3) is 3.70. The molecule has 0 radical (unpaired) electrons. The van der Waals surface area contributed by atoms with Crippen LogP contribution in [0, 0.1) is 0 Å². The molecule has 5 atom stereocenters. The summed E-state index contributed by atoms with van der Waals surface area (Å²) in [7, 11) is 1.32. The van der Waals surface area contributed by atoms with Gasteiger partial charge in [-0.2, -0.15) is 0 Å². The van der Waals surface area contributed by atoms with Crippen LogP contribution in [0.15, 0.2) is 35.5 Å². The summed E-state index contributed by atoms with van der Waals surface area (Å²) in [6, 6.07) is 9.84. The van der Waals surface area contributed by atoms with Crippen LogP contribution in [0.1, 0.15) is 25.8 Å². The Bertz CT molecular complexity index is 720. The molecule has 27 heavy (non-hydrogen) atoms. The third-order valence-corrected chi connectivity index (χ3v) is 4.76. The van der Waals surface area contributed by atoms with Gasteiger partial charge in [0, 0.05) is 6.42 Å². The van der Waals surface area contributed by atoms with Crippen molar-refractivity contribution in [3.63, 3.8) is 0 Å². The molecule has 1 aromatic carbocycles. The van der Waals surface area contributed by atoms with E-state index in [0.717, 1.165) is 5.56 Å². The standard InChI is InChI=1S/C19H23NO7/c1-19(2)25-16-15(23-10-11-7-5-4-6-8-11)14(24-18(16)26-19)12-9-13(27-20-12)17(21)22-3/h4-8,13-16,18H,9-10H2,1-3H3/t13-,14-,15+,16-,18-/m1/s1. The fraction of sp³-hybridized carbons (Fsp3) is 0.579. The van der Waals surface area contributed by atoms with Crippen LogP contribution < -0.4 is 0 Å². The summed E-state index contributed by atoms with van der Waals surface area (Å²) in [5.74, 6) is -1.22. The normalized spacial score (nSPS) is 34.0. The lowest BCUT2D eigenvalue weighted by Gasteiger charge is -2.25. The summed E-state index contributed by atoms with van der Waals surface area (Å²) in [5.41, 5.74) is 1.62. The molecule has 3 aliphatic rings. The van der Waals surface area contributed by atoms with Gasteiger partial charge in [-0.25, -0.2) is 4.79 Å². The van der Waals surface area contributed by atoms with E-state index < -0.39 is 42.5 Å². The van der Waals surface area contributed by atoms with Gasteiger partial charge >= 0.3 is 5.97 Å². The van der Waals surface area contributed by atoms with Crippen molar-refractivity contribution in [1.82, 2.24) is 0 Å². The molecule has 0 aliphatic carbocycles. The molecule has 0 bridgehead atoms. The van der Waals surface area contributed by atoms with E-state index in [-0.39, 0.29) is 6.42 Å². The second-order valence-electron chi connectivity index (χ2n) is 7.19. The van der Waals surface area contributed by atoms with Crippen molar-refractivity contribution in [1.29, 1.82) is 0 Å². The maximum absolute atomic E-state index is 11.7. The molecular formula is C19H23NO7. The van der Waals surface area contributed by atoms with Gasteiger partial charge in [-0.1, -0.05) is 35.5 Å². The van der Waals surface area contributed by atoms with E-state index in [0.29, 0.717) is 12.3 Å². The maximum Gasteiger partial charge on any atom is 0.350 e. The van der Waals surface area contributed by atoms with E-state index in [4.69, 9.17) is 28.5 Å². The Hall–Kier alpha value is -2.00. The van der Waals surface area contributed by atoms with Crippen LogP contribution in [0.2, 0.25) is 0 Å². The zero-order chi connectivity index (χ0) is 19.0. The van der Waals surface area contributed by atoms with Gasteiger partial charge in [-0.05, 0) is 19.4 Å². The average Bonchev–Trinajstić information content (AvgIpc) is 3.32. The van der Waals surface area contributed by atoms with Gasteiger partial charge in [0.25, 0.3) is 0 Å². The monoisotopic (exact) mass is 377 g/mol. The number of ether oxygens (including phenoxy) is 5. The first-order chi connectivity index (χ1) is 13.0. The number of carbonyl (C=O) groups is 1. The van der Waals surface area contributed by atoms with Crippen molar-refractivity contribution in [3.05, 3.63) is 35.9 Å². The predicted octanol–water partition coefficient (Wildman–Crippen LogP) is 1.77. The Morgan fingerprint density at radius 3 is 2.78 bits per heavy atom. The van der Waals surface area contributed by atoms with Gasteiger partial charge in [0.15, 0.2) is 12.1 Å². The molecule has 0 N–H and O–H groups in total. The Kier molecular flexibility index (Phi) is 4.90. The van der Waals surface area contributed by atoms with Crippen LogP contribution in [0.4, 0.5) is 0 Å². The zero-order valence-electron chi connectivity index (χ0n) is 15.5. The van der Waals surface area contributed by atoms with E-state index in [1.54, 1.807) is 0 Å². The second-order valence-corrected chi connectivity index (χ2v) is 7.19. The highest BCUT2D eigenvalue weighted by Crippen LogP contribution is 2.40. The van der Waals surface area contributed by atoms with Crippen LogP contribution in [0.5, 0.6) is 0 Å². The fourth-order valence-electron chi connectivity index (χ4n) is 3.52. The minimum atomic E-state index is -0.762. The number of hydrogen-bond acceptors (Lipinski definition) is 8. The van der Waals surface area contributed by atoms with Crippen LogP contribution in [0.25, 0.3) is 0 Å². The summed E-state index contributed by atoms with van der Waals surface area (Å²) in [6.07, 6.45) is -2.39. The summed E-state index contributed by atoms with van der Waals surface area (Å²) < 4.78 is 28.7. The highest BCUT2D eigenvalue weighted by Gasteiger charge is 2.57. The number of benzene rings is 1. The van der Waals surface area contributed by atoms with Gasteiger partial charge in [-0.3, -0.25) is 0 Å². The molecule has 4 rings (SSSR count). The minimum absolute atomic E-state index is 0.283. The van der Waals surface area contributed by atoms with E-state index in [2.05, 4.69) is 5.16 Å². The lowest BCUT2D eigenvalue weighted by molar-refractivity contribution is -0.210. The number of methoxy groups -OCH3 is 1. The number of oxime groups is 1. The average molecular weight is 377 g/mol. The molecule has 146 valence electrons. The van der Waals surface area contributed by atoms with Crippen LogP contribution in [-0.4, -0.2) is 55.3 Å². The molecule has 3 heterocycles. The van der Waals surface area contributed by atoms with Crippen molar-refractivity contribution >= 4 is 11.7 Å². The third-order valence-electron chi connectivity index (χ3n) is 4.76.